The molecule has 0 spiro atoms. The van der Waals surface area contributed by atoms with E-state index in [4.69, 9.17) is 5.73 Å². The molecule has 1 saturated heterocycles. The van der Waals surface area contributed by atoms with Gasteiger partial charge < -0.3 is 11.1 Å². The zero-order chi connectivity index (χ0) is 23.8. The fourth-order valence-corrected chi connectivity index (χ4v) is 5.09. The number of carbonyl (C=O) groups excluding carboxylic acids is 1. The Morgan fingerprint density at radius 1 is 1.06 bits per heavy atom. The second-order valence-electron chi connectivity index (χ2n) is 9.64. The van der Waals surface area contributed by atoms with E-state index in [1.165, 1.54) is 54.6 Å². The standard InChI is InChI=1S/C27H32N6O/c1-17(2)22-15-25-21(14-24(29-27(28)34)26-31-30-18(3)33(25)26)13-23(22)20-9-7-19(8-10-20)16-32-11-5-4-6-12-32/h7-10,13-15,17H,4-6,11-12,16H2,1-3H3,(H3,28,29,34). The van der Waals surface area contributed by atoms with Crippen LogP contribution in [0.5, 0.6) is 0 Å². The van der Waals surface area contributed by atoms with Crippen LogP contribution in [0.3, 0.4) is 0 Å². The number of hydrogen-bond acceptors (Lipinski definition) is 4. The van der Waals surface area contributed by atoms with Crippen molar-refractivity contribution in [2.24, 2.45) is 5.73 Å². The lowest BCUT2D eigenvalue weighted by molar-refractivity contribution is 0.221. The molecule has 0 atom stereocenters. The van der Waals surface area contributed by atoms with E-state index in [0.29, 0.717) is 17.3 Å². The van der Waals surface area contributed by atoms with E-state index < -0.39 is 6.03 Å². The van der Waals surface area contributed by atoms with Crippen LogP contribution < -0.4 is 11.1 Å². The van der Waals surface area contributed by atoms with Gasteiger partial charge in [0.25, 0.3) is 0 Å². The largest absolute Gasteiger partial charge is 0.351 e. The predicted octanol–water partition coefficient (Wildman–Crippen LogP) is 5.46. The first-order valence-electron chi connectivity index (χ1n) is 12.1. The van der Waals surface area contributed by atoms with Crippen LogP contribution >= 0.6 is 0 Å². The minimum atomic E-state index is -0.620. The van der Waals surface area contributed by atoms with Crippen molar-refractivity contribution in [3.8, 4) is 11.1 Å². The zero-order valence-electron chi connectivity index (χ0n) is 20.1. The van der Waals surface area contributed by atoms with E-state index in [-0.39, 0.29) is 0 Å². The summed E-state index contributed by atoms with van der Waals surface area (Å²) in [7, 11) is 0. The van der Waals surface area contributed by atoms with Crippen molar-refractivity contribution in [2.45, 2.75) is 52.5 Å². The van der Waals surface area contributed by atoms with Gasteiger partial charge in [-0.05, 0) is 79.2 Å². The molecule has 1 aliphatic rings. The Hall–Kier alpha value is -3.45. The topological polar surface area (TPSA) is 88.5 Å². The fraction of sp³-hybridized carbons (Fsp3) is 0.370. The van der Waals surface area contributed by atoms with Crippen molar-refractivity contribution in [1.82, 2.24) is 19.5 Å². The normalized spacial score (nSPS) is 14.8. The number of nitrogens with two attached hydrogens (primary N) is 1. The van der Waals surface area contributed by atoms with Crippen molar-refractivity contribution in [2.75, 3.05) is 18.4 Å². The molecule has 176 valence electrons. The second-order valence-corrected chi connectivity index (χ2v) is 9.64. The molecule has 3 heterocycles. The molecule has 0 aliphatic carbocycles. The van der Waals surface area contributed by atoms with Gasteiger partial charge in [0.1, 0.15) is 5.82 Å². The first-order valence-corrected chi connectivity index (χ1v) is 12.1. The number of hydrogen-bond donors (Lipinski definition) is 2. The lowest BCUT2D eigenvalue weighted by Gasteiger charge is -2.26. The van der Waals surface area contributed by atoms with Crippen molar-refractivity contribution in [3.63, 3.8) is 0 Å². The molecule has 0 radical (unpaired) electrons. The Morgan fingerprint density at radius 3 is 2.47 bits per heavy atom. The zero-order valence-corrected chi connectivity index (χ0v) is 20.1. The highest BCUT2D eigenvalue weighted by atomic mass is 16.2. The summed E-state index contributed by atoms with van der Waals surface area (Å²) in [6.45, 7) is 9.76. The van der Waals surface area contributed by atoms with E-state index in [1.807, 2.05) is 17.4 Å². The van der Waals surface area contributed by atoms with Gasteiger partial charge in [0.15, 0.2) is 5.65 Å². The number of amides is 2. The van der Waals surface area contributed by atoms with Crippen LogP contribution in [0.2, 0.25) is 0 Å². The van der Waals surface area contributed by atoms with Crippen molar-refractivity contribution < 1.29 is 4.79 Å². The first-order chi connectivity index (χ1) is 16.4. The summed E-state index contributed by atoms with van der Waals surface area (Å²) in [4.78, 5) is 14.2. The number of anilines is 1. The van der Waals surface area contributed by atoms with Crippen LogP contribution in [-0.2, 0) is 6.54 Å². The number of piperidine rings is 1. The Balaban J connectivity index is 1.60. The van der Waals surface area contributed by atoms with E-state index in [9.17, 15) is 4.79 Å². The number of aromatic nitrogens is 3. The van der Waals surface area contributed by atoms with Gasteiger partial charge in [0.2, 0.25) is 0 Å². The molecular weight excluding hydrogens is 424 g/mol. The maximum Gasteiger partial charge on any atom is 0.316 e. The summed E-state index contributed by atoms with van der Waals surface area (Å²) >= 11 is 0. The summed E-state index contributed by atoms with van der Waals surface area (Å²) in [5.41, 5.74) is 12.6. The number of aryl methyl sites for hydroxylation is 1. The molecule has 4 aromatic rings. The summed E-state index contributed by atoms with van der Waals surface area (Å²) in [5.74, 6) is 1.10. The van der Waals surface area contributed by atoms with Crippen molar-refractivity contribution in [3.05, 3.63) is 59.4 Å². The number of primary amides is 1. The number of carbonyl (C=O) groups is 1. The van der Waals surface area contributed by atoms with Gasteiger partial charge in [0, 0.05) is 11.9 Å². The number of nitrogens with one attached hydrogen (secondary N) is 1. The van der Waals surface area contributed by atoms with Crippen LogP contribution in [0.4, 0.5) is 10.5 Å². The van der Waals surface area contributed by atoms with E-state index in [0.717, 1.165) is 23.3 Å². The monoisotopic (exact) mass is 456 g/mol. The predicted molar refractivity (Wildman–Crippen MR) is 137 cm³/mol. The molecule has 2 aromatic heterocycles. The Labute approximate surface area is 200 Å². The summed E-state index contributed by atoms with van der Waals surface area (Å²) < 4.78 is 1.98. The smallest absolute Gasteiger partial charge is 0.316 e. The van der Waals surface area contributed by atoms with Gasteiger partial charge in [-0.15, -0.1) is 10.2 Å². The second kappa shape index (κ2) is 9.06. The summed E-state index contributed by atoms with van der Waals surface area (Å²) in [5, 5.41) is 12.2. The molecule has 34 heavy (non-hydrogen) atoms. The van der Waals surface area contributed by atoms with E-state index in [1.54, 1.807) is 0 Å². The lowest BCUT2D eigenvalue weighted by atomic mass is 9.90. The summed E-state index contributed by atoms with van der Waals surface area (Å²) in [6, 6.07) is 14.7. The lowest BCUT2D eigenvalue weighted by Crippen LogP contribution is -2.28. The van der Waals surface area contributed by atoms with Crippen LogP contribution in [0.1, 0.15) is 56.0 Å². The number of nitrogens with zero attached hydrogens (tertiary/aromatic N) is 4. The Bertz CT molecular complexity index is 1350. The third kappa shape index (κ3) is 4.23. The SMILES string of the molecule is Cc1nnc2c(NC(N)=O)cc3cc(-c4ccc(CN5CCCCC5)cc4)c(C(C)C)cc3n12. The maximum atomic E-state index is 11.6. The average molecular weight is 457 g/mol. The molecule has 0 bridgehead atoms. The molecule has 1 aliphatic heterocycles. The minimum Gasteiger partial charge on any atom is -0.351 e. The van der Waals surface area contributed by atoms with Crippen LogP contribution in [0.15, 0.2) is 42.5 Å². The number of pyridine rings is 1. The molecule has 7 heteroatoms. The van der Waals surface area contributed by atoms with Crippen LogP contribution in [0, 0.1) is 6.92 Å². The molecule has 0 saturated carbocycles. The number of rotatable bonds is 5. The fourth-order valence-electron chi connectivity index (χ4n) is 5.09. The van der Waals surface area contributed by atoms with Gasteiger partial charge in [-0.3, -0.25) is 9.30 Å². The van der Waals surface area contributed by atoms with E-state index in [2.05, 4.69) is 70.7 Å². The van der Waals surface area contributed by atoms with Gasteiger partial charge >= 0.3 is 6.03 Å². The highest BCUT2D eigenvalue weighted by Gasteiger charge is 2.17. The van der Waals surface area contributed by atoms with Crippen molar-refractivity contribution in [1.29, 1.82) is 0 Å². The van der Waals surface area contributed by atoms with Crippen LogP contribution in [-0.4, -0.2) is 38.6 Å². The highest BCUT2D eigenvalue weighted by Crippen LogP contribution is 2.35. The molecule has 7 nitrogen and oxygen atoms in total. The molecular formula is C27H32N6O. The van der Waals surface area contributed by atoms with Gasteiger partial charge in [-0.25, -0.2) is 4.79 Å². The molecule has 2 aromatic carbocycles. The van der Waals surface area contributed by atoms with Gasteiger partial charge in [0.05, 0.1) is 11.2 Å². The van der Waals surface area contributed by atoms with E-state index >= 15 is 0 Å². The third-order valence-electron chi connectivity index (χ3n) is 6.81. The first kappa shape index (κ1) is 22.3. The maximum absolute atomic E-state index is 11.6. The number of urea groups is 1. The highest BCUT2D eigenvalue weighted by molar-refractivity contribution is 5.98. The molecule has 0 unspecified atom stereocenters. The molecule has 2 amide bonds. The number of fused-ring (bicyclic) bond motifs is 3. The third-order valence-corrected chi connectivity index (χ3v) is 6.81. The molecule has 1 fully saturated rings. The number of likely N-dealkylation sites (tertiary alicyclic amines) is 1. The van der Waals surface area contributed by atoms with Crippen molar-refractivity contribution >= 4 is 28.3 Å². The summed E-state index contributed by atoms with van der Waals surface area (Å²) in [6.07, 6.45) is 3.96. The Kier molecular flexibility index (Phi) is 5.96. The molecule has 5 rings (SSSR count). The van der Waals surface area contributed by atoms with Crippen LogP contribution in [0.25, 0.3) is 27.7 Å². The molecule has 3 N–H and O–H groups in total. The Morgan fingerprint density at radius 2 is 1.79 bits per heavy atom. The number of benzene rings is 2. The van der Waals surface area contributed by atoms with Gasteiger partial charge in [-0.1, -0.05) is 44.5 Å². The minimum absolute atomic E-state index is 0.336. The quantitative estimate of drug-likeness (QED) is 0.417. The van der Waals surface area contributed by atoms with Gasteiger partial charge in [-0.2, -0.15) is 0 Å². The average Bonchev–Trinajstić information content (AvgIpc) is 3.21.